The highest BCUT2D eigenvalue weighted by Gasteiger charge is 2.28. The molecule has 3 aromatic rings. The third kappa shape index (κ3) is 4.47. The summed E-state index contributed by atoms with van der Waals surface area (Å²) in [6, 6.07) is 7.15. The first kappa shape index (κ1) is 21.9. The van der Waals surface area contributed by atoms with Gasteiger partial charge < -0.3 is 14.8 Å². The molecule has 1 aliphatic carbocycles. The van der Waals surface area contributed by atoms with Gasteiger partial charge in [0.1, 0.15) is 5.00 Å². The van der Waals surface area contributed by atoms with Crippen molar-refractivity contribution in [3.05, 3.63) is 52.2 Å². The van der Waals surface area contributed by atoms with Crippen molar-refractivity contribution in [1.82, 2.24) is 9.97 Å². The Balaban J connectivity index is 1.49. The number of anilines is 1. The molecule has 0 spiro atoms. The first-order valence-electron chi connectivity index (χ1n) is 10.4. The van der Waals surface area contributed by atoms with Crippen molar-refractivity contribution in [2.45, 2.75) is 45.1 Å². The quantitative estimate of drug-likeness (QED) is 0.461. The number of ether oxygens (including phenoxy) is 2. The zero-order valence-corrected chi connectivity index (χ0v) is 18.7. The van der Waals surface area contributed by atoms with Crippen molar-refractivity contribution in [2.75, 3.05) is 12.4 Å². The number of nitrogens with one attached hydrogen (secondary N) is 1. The molecule has 0 saturated heterocycles. The van der Waals surface area contributed by atoms with Gasteiger partial charge in [-0.1, -0.05) is 18.6 Å². The van der Waals surface area contributed by atoms with E-state index in [1.807, 2.05) is 6.07 Å². The summed E-state index contributed by atoms with van der Waals surface area (Å²) in [5.41, 5.74) is 2.58. The number of aryl methyl sites for hydroxylation is 1. The van der Waals surface area contributed by atoms with Gasteiger partial charge in [-0.3, -0.25) is 9.78 Å². The van der Waals surface area contributed by atoms with Crippen molar-refractivity contribution in [3.8, 4) is 0 Å². The Hall–Kier alpha value is -3.33. The molecule has 32 heavy (non-hydrogen) atoms. The van der Waals surface area contributed by atoms with Crippen molar-refractivity contribution < 1.29 is 23.9 Å². The zero-order valence-electron chi connectivity index (χ0n) is 17.8. The van der Waals surface area contributed by atoms with E-state index < -0.39 is 23.9 Å². The van der Waals surface area contributed by atoms with Gasteiger partial charge >= 0.3 is 11.9 Å². The number of aromatic nitrogens is 2. The number of para-hydroxylation sites is 2. The van der Waals surface area contributed by atoms with E-state index in [2.05, 4.69) is 15.3 Å². The van der Waals surface area contributed by atoms with Crippen molar-refractivity contribution in [2.24, 2.45) is 0 Å². The van der Waals surface area contributed by atoms with Crippen LogP contribution < -0.4 is 5.32 Å². The lowest BCUT2D eigenvalue weighted by Gasteiger charge is -2.13. The van der Waals surface area contributed by atoms with E-state index in [1.165, 1.54) is 31.6 Å². The van der Waals surface area contributed by atoms with Crippen LogP contribution in [-0.2, 0) is 27.1 Å². The molecule has 0 radical (unpaired) electrons. The monoisotopic (exact) mass is 453 g/mol. The third-order valence-corrected chi connectivity index (χ3v) is 6.57. The number of thiophene rings is 1. The van der Waals surface area contributed by atoms with Gasteiger partial charge in [0.15, 0.2) is 11.8 Å². The van der Waals surface area contributed by atoms with E-state index in [1.54, 1.807) is 18.2 Å². The predicted octanol–water partition coefficient (Wildman–Crippen LogP) is 3.93. The topological polar surface area (TPSA) is 107 Å². The average Bonchev–Trinajstić information content (AvgIpc) is 2.98. The molecule has 9 heteroatoms. The highest BCUT2D eigenvalue weighted by Crippen LogP contribution is 2.38. The maximum Gasteiger partial charge on any atom is 0.359 e. The van der Waals surface area contributed by atoms with E-state index in [0.717, 1.165) is 42.5 Å². The van der Waals surface area contributed by atoms with Gasteiger partial charge in [0.25, 0.3) is 5.91 Å². The Bertz CT molecular complexity index is 1190. The van der Waals surface area contributed by atoms with Crippen LogP contribution in [0, 0.1) is 0 Å². The minimum Gasteiger partial charge on any atom is -0.465 e. The summed E-state index contributed by atoms with van der Waals surface area (Å²) in [5, 5.41) is 3.19. The summed E-state index contributed by atoms with van der Waals surface area (Å²) < 4.78 is 10.3. The van der Waals surface area contributed by atoms with E-state index in [4.69, 9.17) is 9.47 Å². The number of rotatable bonds is 5. The average molecular weight is 454 g/mol. The molecule has 0 saturated carbocycles. The molecular weight excluding hydrogens is 430 g/mol. The molecule has 1 aromatic carbocycles. The van der Waals surface area contributed by atoms with Crippen LogP contribution in [-0.4, -0.2) is 41.0 Å². The maximum atomic E-state index is 12.8. The van der Waals surface area contributed by atoms with Crippen LogP contribution in [0.1, 0.15) is 57.5 Å². The van der Waals surface area contributed by atoms with Gasteiger partial charge in [0.05, 0.1) is 29.9 Å². The Kier molecular flexibility index (Phi) is 6.45. The number of fused-ring (bicyclic) bond motifs is 2. The second kappa shape index (κ2) is 9.44. The molecule has 0 aliphatic heterocycles. The molecule has 2 heterocycles. The number of benzene rings is 1. The summed E-state index contributed by atoms with van der Waals surface area (Å²) in [5.74, 6) is -1.76. The molecular formula is C23H23N3O5S. The SMILES string of the molecule is COC(=O)c1c(NC(=O)C(C)OC(=O)c2cnc3ccccc3n2)sc2c1CCCCC2. The van der Waals surface area contributed by atoms with E-state index in [0.29, 0.717) is 21.6 Å². The summed E-state index contributed by atoms with van der Waals surface area (Å²) in [4.78, 5) is 47.2. The lowest BCUT2D eigenvalue weighted by molar-refractivity contribution is -0.123. The number of amides is 1. The highest BCUT2D eigenvalue weighted by molar-refractivity contribution is 7.17. The molecule has 1 atom stereocenters. The zero-order chi connectivity index (χ0) is 22.7. The molecule has 1 amide bonds. The van der Waals surface area contributed by atoms with Crippen LogP contribution in [0.4, 0.5) is 5.00 Å². The highest BCUT2D eigenvalue weighted by atomic mass is 32.1. The molecule has 1 unspecified atom stereocenters. The summed E-state index contributed by atoms with van der Waals surface area (Å²) in [6.07, 6.45) is 5.00. The van der Waals surface area contributed by atoms with Gasteiger partial charge in [-0.05, 0) is 50.3 Å². The number of methoxy groups -OCH3 is 1. The van der Waals surface area contributed by atoms with Crippen LogP contribution >= 0.6 is 11.3 Å². The minimum absolute atomic E-state index is 0.0152. The van der Waals surface area contributed by atoms with Gasteiger partial charge in [0.2, 0.25) is 0 Å². The fourth-order valence-electron chi connectivity index (χ4n) is 3.69. The fourth-order valence-corrected chi connectivity index (χ4v) is 4.97. The lowest BCUT2D eigenvalue weighted by Crippen LogP contribution is -2.30. The molecule has 2 aromatic heterocycles. The van der Waals surface area contributed by atoms with Crippen molar-refractivity contribution in [1.29, 1.82) is 0 Å². The van der Waals surface area contributed by atoms with Crippen LogP contribution in [0.5, 0.6) is 0 Å². The van der Waals surface area contributed by atoms with Gasteiger partial charge in [0, 0.05) is 4.88 Å². The van der Waals surface area contributed by atoms with Crippen LogP contribution in [0.2, 0.25) is 0 Å². The number of nitrogens with zero attached hydrogens (tertiary/aromatic N) is 2. The second-order valence-electron chi connectivity index (χ2n) is 7.54. The van der Waals surface area contributed by atoms with Gasteiger partial charge in [-0.25, -0.2) is 14.6 Å². The molecule has 4 rings (SSSR count). The standard InChI is InChI=1S/C23H23N3O5S/c1-13(31-22(28)17-12-24-15-9-6-7-10-16(15)25-17)20(27)26-21-19(23(29)30-2)14-8-4-3-5-11-18(14)32-21/h6-7,9-10,12-13H,3-5,8,11H2,1-2H3,(H,26,27). The predicted molar refractivity (Wildman–Crippen MR) is 120 cm³/mol. The van der Waals surface area contributed by atoms with E-state index in [-0.39, 0.29) is 5.69 Å². The molecule has 1 aliphatic rings. The van der Waals surface area contributed by atoms with Crippen LogP contribution in [0.25, 0.3) is 11.0 Å². The van der Waals surface area contributed by atoms with Crippen LogP contribution in [0.3, 0.4) is 0 Å². The summed E-state index contributed by atoms with van der Waals surface area (Å²) in [6.45, 7) is 1.47. The molecule has 8 nitrogen and oxygen atoms in total. The number of carbonyl (C=O) groups is 3. The number of hydrogen-bond acceptors (Lipinski definition) is 8. The number of hydrogen-bond donors (Lipinski definition) is 1. The third-order valence-electron chi connectivity index (χ3n) is 5.36. The molecule has 0 fully saturated rings. The first-order chi connectivity index (χ1) is 15.5. The second-order valence-corrected chi connectivity index (χ2v) is 8.65. The van der Waals surface area contributed by atoms with E-state index in [9.17, 15) is 14.4 Å². The largest absolute Gasteiger partial charge is 0.465 e. The molecule has 166 valence electrons. The maximum absolute atomic E-state index is 12.8. The fraction of sp³-hybridized carbons (Fsp3) is 0.348. The number of esters is 2. The molecule has 1 N–H and O–H groups in total. The Labute approximate surface area is 189 Å². The van der Waals surface area contributed by atoms with Crippen LogP contribution in [0.15, 0.2) is 30.5 Å². The minimum atomic E-state index is -1.09. The smallest absolute Gasteiger partial charge is 0.359 e. The summed E-state index contributed by atoms with van der Waals surface area (Å²) in [7, 11) is 1.32. The van der Waals surface area contributed by atoms with Crippen molar-refractivity contribution >= 4 is 45.2 Å². The summed E-state index contributed by atoms with van der Waals surface area (Å²) >= 11 is 1.39. The number of carbonyl (C=O) groups excluding carboxylic acids is 3. The Morgan fingerprint density at radius 2 is 1.81 bits per heavy atom. The first-order valence-corrected chi connectivity index (χ1v) is 11.3. The van der Waals surface area contributed by atoms with Gasteiger partial charge in [-0.2, -0.15) is 0 Å². The normalized spacial score (nSPS) is 14.2. The van der Waals surface area contributed by atoms with Gasteiger partial charge in [-0.15, -0.1) is 11.3 Å². The molecule has 0 bridgehead atoms. The van der Waals surface area contributed by atoms with Crippen molar-refractivity contribution in [3.63, 3.8) is 0 Å². The Morgan fingerprint density at radius 3 is 2.59 bits per heavy atom. The lowest BCUT2D eigenvalue weighted by atomic mass is 10.1. The Morgan fingerprint density at radius 1 is 1.06 bits per heavy atom. The van der Waals surface area contributed by atoms with E-state index >= 15 is 0 Å².